The monoisotopic (exact) mass is 350 g/mol. The van der Waals surface area contributed by atoms with Gasteiger partial charge < -0.3 is 10.6 Å². The lowest BCUT2D eigenvalue weighted by molar-refractivity contribution is -0.123. The lowest BCUT2D eigenvalue weighted by Gasteiger charge is -2.20. The van der Waals surface area contributed by atoms with Gasteiger partial charge in [-0.25, -0.2) is 0 Å². The Morgan fingerprint density at radius 3 is 2.43 bits per heavy atom. The molecule has 2 N–H and O–H groups in total. The van der Waals surface area contributed by atoms with Crippen LogP contribution in [-0.2, 0) is 9.59 Å². The Morgan fingerprint density at radius 1 is 1.17 bits per heavy atom. The maximum absolute atomic E-state index is 12.3. The van der Waals surface area contributed by atoms with Gasteiger partial charge in [-0.3, -0.25) is 9.59 Å². The number of rotatable bonds is 6. The Balaban J connectivity index is 2.03. The number of hydrogen-bond acceptors (Lipinski definition) is 3. The van der Waals surface area contributed by atoms with Gasteiger partial charge in [0, 0.05) is 16.8 Å². The summed E-state index contributed by atoms with van der Waals surface area (Å²) in [4.78, 5) is 24.8. The summed E-state index contributed by atoms with van der Waals surface area (Å²) in [7, 11) is 0. The van der Waals surface area contributed by atoms with Crippen molar-refractivity contribution in [1.29, 1.82) is 0 Å². The molecule has 23 heavy (non-hydrogen) atoms. The molecule has 1 aromatic heterocycles. The van der Waals surface area contributed by atoms with Crippen LogP contribution in [0.25, 0.3) is 0 Å². The Labute approximate surface area is 144 Å². The van der Waals surface area contributed by atoms with Crippen molar-refractivity contribution >= 4 is 34.8 Å². The number of amides is 2. The number of carbonyl (C=O) groups is 2. The predicted octanol–water partition coefficient (Wildman–Crippen LogP) is 3.85. The lowest BCUT2D eigenvalue weighted by atomic mass is 10.0. The van der Waals surface area contributed by atoms with Crippen LogP contribution in [0.5, 0.6) is 0 Å². The van der Waals surface area contributed by atoms with Crippen molar-refractivity contribution in [3.63, 3.8) is 0 Å². The molecule has 0 saturated carbocycles. The zero-order valence-electron chi connectivity index (χ0n) is 13.0. The molecule has 2 rings (SSSR count). The van der Waals surface area contributed by atoms with Crippen LogP contribution < -0.4 is 10.6 Å². The highest BCUT2D eigenvalue weighted by Crippen LogP contribution is 2.22. The van der Waals surface area contributed by atoms with E-state index in [-0.39, 0.29) is 30.3 Å². The van der Waals surface area contributed by atoms with E-state index in [0.717, 1.165) is 10.4 Å². The minimum atomic E-state index is -0.375. The van der Waals surface area contributed by atoms with E-state index in [0.29, 0.717) is 5.02 Å². The van der Waals surface area contributed by atoms with Gasteiger partial charge in [0.2, 0.25) is 11.8 Å². The summed E-state index contributed by atoms with van der Waals surface area (Å²) in [5.41, 5.74) is 0.850. The van der Waals surface area contributed by atoms with Gasteiger partial charge >= 0.3 is 0 Å². The Bertz CT molecular complexity index is 656. The van der Waals surface area contributed by atoms with E-state index >= 15 is 0 Å². The summed E-state index contributed by atoms with van der Waals surface area (Å²) in [6, 6.07) is 10.6. The first kappa shape index (κ1) is 17.5. The SMILES string of the molecule is CC(=O)N[C@H](CC(=O)N[C@@H](C)c1cccs1)c1ccc(Cl)cc1. The Kier molecular flexibility index (Phi) is 6.19. The molecule has 1 heterocycles. The average Bonchev–Trinajstić information content (AvgIpc) is 3.01. The van der Waals surface area contributed by atoms with Gasteiger partial charge in [-0.05, 0) is 36.1 Å². The molecule has 0 radical (unpaired) electrons. The van der Waals surface area contributed by atoms with Crippen LogP contribution in [0.4, 0.5) is 0 Å². The molecule has 2 amide bonds. The molecule has 0 aliphatic heterocycles. The van der Waals surface area contributed by atoms with Crippen LogP contribution in [0.3, 0.4) is 0 Å². The third-order valence-electron chi connectivity index (χ3n) is 3.39. The molecule has 4 nitrogen and oxygen atoms in total. The fourth-order valence-electron chi connectivity index (χ4n) is 2.29. The van der Waals surface area contributed by atoms with Gasteiger partial charge in [0.25, 0.3) is 0 Å². The van der Waals surface area contributed by atoms with E-state index in [1.165, 1.54) is 6.92 Å². The van der Waals surface area contributed by atoms with Crippen molar-refractivity contribution in [3.05, 3.63) is 57.2 Å². The second-order valence-corrected chi connectivity index (χ2v) is 6.73. The Hall–Kier alpha value is -1.85. The molecule has 2 atom stereocenters. The van der Waals surface area contributed by atoms with E-state index in [4.69, 9.17) is 11.6 Å². The molecule has 0 bridgehead atoms. The summed E-state index contributed by atoms with van der Waals surface area (Å²) in [6.45, 7) is 3.38. The first-order valence-corrected chi connectivity index (χ1v) is 8.57. The quantitative estimate of drug-likeness (QED) is 0.831. The van der Waals surface area contributed by atoms with Crippen LogP contribution in [-0.4, -0.2) is 11.8 Å². The highest BCUT2D eigenvalue weighted by molar-refractivity contribution is 7.10. The fourth-order valence-corrected chi connectivity index (χ4v) is 3.15. The molecule has 0 saturated heterocycles. The zero-order chi connectivity index (χ0) is 16.8. The molecule has 2 aromatic rings. The minimum Gasteiger partial charge on any atom is -0.349 e. The van der Waals surface area contributed by atoms with Crippen molar-refractivity contribution in [2.45, 2.75) is 32.4 Å². The van der Waals surface area contributed by atoms with E-state index in [1.54, 1.807) is 23.5 Å². The van der Waals surface area contributed by atoms with Gasteiger partial charge in [-0.2, -0.15) is 0 Å². The average molecular weight is 351 g/mol. The van der Waals surface area contributed by atoms with Gasteiger partial charge in [0.15, 0.2) is 0 Å². The van der Waals surface area contributed by atoms with E-state index in [9.17, 15) is 9.59 Å². The van der Waals surface area contributed by atoms with Crippen LogP contribution in [0, 0.1) is 0 Å². The summed E-state index contributed by atoms with van der Waals surface area (Å²) in [6.07, 6.45) is 0.178. The molecule has 0 aliphatic carbocycles. The molecule has 0 unspecified atom stereocenters. The first-order valence-electron chi connectivity index (χ1n) is 7.31. The molecule has 1 aromatic carbocycles. The number of halogens is 1. The minimum absolute atomic E-state index is 0.0503. The zero-order valence-corrected chi connectivity index (χ0v) is 14.6. The van der Waals surface area contributed by atoms with Crippen LogP contribution in [0.1, 0.15) is 42.8 Å². The van der Waals surface area contributed by atoms with Gasteiger partial charge in [0.05, 0.1) is 18.5 Å². The maximum atomic E-state index is 12.3. The van der Waals surface area contributed by atoms with Crippen molar-refractivity contribution in [1.82, 2.24) is 10.6 Å². The molecular weight excluding hydrogens is 332 g/mol. The topological polar surface area (TPSA) is 58.2 Å². The molecule has 0 aliphatic rings. The maximum Gasteiger partial charge on any atom is 0.222 e. The molecule has 0 fully saturated rings. The fraction of sp³-hybridized carbons (Fsp3) is 0.294. The standard InChI is InChI=1S/C17H19ClN2O2S/c1-11(16-4-3-9-23-16)19-17(22)10-15(20-12(2)21)13-5-7-14(18)8-6-13/h3-9,11,15H,10H2,1-2H3,(H,19,22)(H,20,21)/t11-,15+/m0/s1. The predicted molar refractivity (Wildman–Crippen MR) is 93.5 cm³/mol. The Morgan fingerprint density at radius 2 is 1.87 bits per heavy atom. The van der Waals surface area contributed by atoms with E-state index in [1.807, 2.05) is 36.6 Å². The lowest BCUT2D eigenvalue weighted by Crippen LogP contribution is -2.33. The smallest absolute Gasteiger partial charge is 0.222 e. The van der Waals surface area contributed by atoms with Crippen molar-refractivity contribution < 1.29 is 9.59 Å². The number of nitrogens with one attached hydrogen (secondary N) is 2. The van der Waals surface area contributed by atoms with Gasteiger partial charge in [0.1, 0.15) is 0 Å². The van der Waals surface area contributed by atoms with Crippen LogP contribution in [0.2, 0.25) is 5.02 Å². The van der Waals surface area contributed by atoms with E-state index in [2.05, 4.69) is 10.6 Å². The third-order valence-corrected chi connectivity index (χ3v) is 4.69. The van der Waals surface area contributed by atoms with Crippen LogP contribution >= 0.6 is 22.9 Å². The number of benzene rings is 1. The summed E-state index contributed by atoms with van der Waals surface area (Å²) >= 11 is 7.49. The number of hydrogen-bond donors (Lipinski definition) is 2. The summed E-state index contributed by atoms with van der Waals surface area (Å²) in [5.74, 6) is -0.288. The van der Waals surface area contributed by atoms with E-state index < -0.39 is 0 Å². The van der Waals surface area contributed by atoms with Gasteiger partial charge in [-0.1, -0.05) is 29.8 Å². The summed E-state index contributed by atoms with van der Waals surface area (Å²) in [5, 5.41) is 8.37. The van der Waals surface area contributed by atoms with Crippen LogP contribution in [0.15, 0.2) is 41.8 Å². The summed E-state index contributed by atoms with van der Waals surface area (Å²) < 4.78 is 0. The molecule has 6 heteroatoms. The third kappa shape index (κ3) is 5.37. The normalized spacial score (nSPS) is 13.2. The molecule has 122 valence electrons. The van der Waals surface area contributed by atoms with Crippen molar-refractivity contribution in [2.75, 3.05) is 0 Å². The highest BCUT2D eigenvalue weighted by atomic mass is 35.5. The number of carbonyl (C=O) groups excluding carboxylic acids is 2. The second kappa shape index (κ2) is 8.13. The second-order valence-electron chi connectivity index (χ2n) is 5.31. The molecular formula is C17H19ClN2O2S. The van der Waals surface area contributed by atoms with Gasteiger partial charge in [-0.15, -0.1) is 11.3 Å². The number of thiophene rings is 1. The van der Waals surface area contributed by atoms with Crippen molar-refractivity contribution in [3.8, 4) is 0 Å². The largest absolute Gasteiger partial charge is 0.349 e. The molecule has 0 spiro atoms. The van der Waals surface area contributed by atoms with Crippen molar-refractivity contribution in [2.24, 2.45) is 0 Å². The first-order chi connectivity index (χ1) is 11.0. The highest BCUT2D eigenvalue weighted by Gasteiger charge is 2.19.